The highest BCUT2D eigenvalue weighted by Crippen LogP contribution is 2.33. The van der Waals surface area contributed by atoms with Crippen molar-refractivity contribution in [2.24, 2.45) is 0 Å². The van der Waals surface area contributed by atoms with Crippen LogP contribution in [0.2, 0.25) is 0 Å². The van der Waals surface area contributed by atoms with Crippen molar-refractivity contribution in [2.75, 3.05) is 0 Å². The van der Waals surface area contributed by atoms with Crippen LogP contribution >= 0.6 is 15.9 Å². The van der Waals surface area contributed by atoms with Gasteiger partial charge in [-0.25, -0.2) is 4.85 Å². The average Bonchev–Trinajstić information content (AvgIpc) is 2.06. The Morgan fingerprint density at radius 2 is 2.00 bits per heavy atom. The average molecular weight is 266 g/mol. The maximum atomic E-state index is 11.8. The van der Waals surface area contributed by atoms with Crippen molar-refractivity contribution in [3.05, 3.63) is 34.1 Å². The number of hydrogen-bond acceptors (Lipinski definition) is 1. The van der Waals surface area contributed by atoms with E-state index >= 15 is 0 Å². The van der Waals surface area contributed by atoms with Crippen LogP contribution in [0, 0.1) is 6.57 Å². The molecule has 0 amide bonds. The molecule has 0 saturated heterocycles. The second-order valence-electron chi connectivity index (χ2n) is 2.27. The molecule has 0 fully saturated rings. The van der Waals surface area contributed by atoms with Gasteiger partial charge in [-0.3, -0.25) is 0 Å². The van der Waals surface area contributed by atoms with Crippen LogP contribution in [0.3, 0.4) is 0 Å². The number of alkyl halides is 3. The molecule has 0 aromatic heterocycles. The molecule has 0 bridgehead atoms. The number of nitrogens with zero attached hydrogens (tertiary/aromatic N) is 1. The van der Waals surface area contributed by atoms with Gasteiger partial charge >= 0.3 is 6.36 Å². The molecule has 0 unspecified atom stereocenters. The Morgan fingerprint density at radius 1 is 1.36 bits per heavy atom. The van der Waals surface area contributed by atoms with E-state index in [-0.39, 0.29) is 10.2 Å². The van der Waals surface area contributed by atoms with E-state index in [9.17, 15) is 13.2 Å². The largest absolute Gasteiger partial charge is 0.573 e. The Balaban J connectivity index is 3.03. The number of ether oxygens (including phenoxy) is 1. The first kappa shape index (κ1) is 10.9. The molecule has 0 atom stereocenters. The molecular formula is C8H3BrF3NO. The van der Waals surface area contributed by atoms with Crippen molar-refractivity contribution in [1.29, 1.82) is 0 Å². The summed E-state index contributed by atoms with van der Waals surface area (Å²) in [6.45, 7) is 6.61. The standard InChI is InChI=1S/C8H3BrF3NO/c1-13-5-2-3-6(9)7(4-5)14-8(10,11)12/h2-4H. The van der Waals surface area contributed by atoms with Crippen molar-refractivity contribution in [2.45, 2.75) is 6.36 Å². The number of benzene rings is 1. The van der Waals surface area contributed by atoms with Crippen molar-refractivity contribution in [3.8, 4) is 5.75 Å². The lowest BCUT2D eigenvalue weighted by Gasteiger charge is -2.10. The monoisotopic (exact) mass is 265 g/mol. The van der Waals surface area contributed by atoms with Crippen LogP contribution in [-0.4, -0.2) is 6.36 Å². The summed E-state index contributed by atoms with van der Waals surface area (Å²) in [6.07, 6.45) is -4.75. The molecule has 0 heterocycles. The smallest absolute Gasteiger partial charge is 0.406 e. The molecule has 74 valence electrons. The van der Waals surface area contributed by atoms with E-state index in [2.05, 4.69) is 25.5 Å². The highest BCUT2D eigenvalue weighted by atomic mass is 79.9. The minimum atomic E-state index is -4.75. The first-order valence-corrected chi connectivity index (χ1v) is 4.14. The Kier molecular flexibility index (Phi) is 3.01. The third-order valence-electron chi connectivity index (χ3n) is 1.27. The van der Waals surface area contributed by atoms with Crippen molar-refractivity contribution in [3.63, 3.8) is 0 Å². The zero-order valence-electron chi connectivity index (χ0n) is 6.60. The van der Waals surface area contributed by atoms with E-state index in [1.165, 1.54) is 12.1 Å². The van der Waals surface area contributed by atoms with Gasteiger partial charge in [-0.15, -0.1) is 13.2 Å². The lowest BCUT2D eigenvalue weighted by Crippen LogP contribution is -2.17. The Bertz CT molecular complexity index is 383. The maximum absolute atomic E-state index is 11.8. The summed E-state index contributed by atoms with van der Waals surface area (Å²) in [5.74, 6) is -0.411. The summed E-state index contributed by atoms with van der Waals surface area (Å²) >= 11 is 2.88. The van der Waals surface area contributed by atoms with E-state index in [0.29, 0.717) is 0 Å². The van der Waals surface area contributed by atoms with Crippen LogP contribution in [0.15, 0.2) is 22.7 Å². The van der Waals surface area contributed by atoms with Crippen LogP contribution < -0.4 is 4.74 Å². The second kappa shape index (κ2) is 3.88. The fourth-order valence-corrected chi connectivity index (χ4v) is 1.09. The fraction of sp³-hybridized carbons (Fsp3) is 0.125. The normalized spacial score (nSPS) is 10.8. The predicted octanol–water partition coefficient (Wildman–Crippen LogP) is 3.90. The van der Waals surface area contributed by atoms with Gasteiger partial charge in [0.05, 0.1) is 11.0 Å². The highest BCUT2D eigenvalue weighted by molar-refractivity contribution is 9.10. The first-order valence-electron chi connectivity index (χ1n) is 3.35. The molecule has 0 aliphatic carbocycles. The van der Waals surface area contributed by atoms with E-state index < -0.39 is 12.1 Å². The highest BCUT2D eigenvalue weighted by Gasteiger charge is 2.31. The zero-order valence-corrected chi connectivity index (χ0v) is 8.19. The molecule has 0 saturated carbocycles. The van der Waals surface area contributed by atoms with E-state index in [0.717, 1.165) is 6.07 Å². The fourth-order valence-electron chi connectivity index (χ4n) is 0.764. The Morgan fingerprint density at radius 3 is 2.50 bits per heavy atom. The number of rotatable bonds is 1. The first-order chi connectivity index (χ1) is 6.42. The lowest BCUT2D eigenvalue weighted by molar-refractivity contribution is -0.274. The predicted molar refractivity (Wildman–Crippen MR) is 47.1 cm³/mol. The minimum Gasteiger partial charge on any atom is -0.406 e. The van der Waals surface area contributed by atoms with Gasteiger partial charge in [0.25, 0.3) is 0 Å². The van der Waals surface area contributed by atoms with Gasteiger partial charge in [-0.2, -0.15) is 0 Å². The molecule has 1 rings (SSSR count). The van der Waals surface area contributed by atoms with E-state index in [4.69, 9.17) is 6.57 Å². The molecular weight excluding hydrogens is 263 g/mol. The quantitative estimate of drug-likeness (QED) is 0.703. The van der Waals surface area contributed by atoms with E-state index in [1.807, 2.05) is 0 Å². The van der Waals surface area contributed by atoms with Crippen LogP contribution in [0.25, 0.3) is 4.85 Å². The van der Waals surface area contributed by atoms with Crippen molar-refractivity contribution < 1.29 is 17.9 Å². The third-order valence-corrected chi connectivity index (χ3v) is 1.92. The van der Waals surface area contributed by atoms with Crippen LogP contribution in [-0.2, 0) is 0 Å². The third kappa shape index (κ3) is 2.92. The van der Waals surface area contributed by atoms with Crippen LogP contribution in [0.5, 0.6) is 5.75 Å². The SMILES string of the molecule is [C-]#[N+]c1ccc(Br)c(OC(F)(F)F)c1. The molecule has 6 heteroatoms. The summed E-state index contributed by atoms with van der Waals surface area (Å²) < 4.78 is 39.3. The molecule has 1 aromatic rings. The van der Waals surface area contributed by atoms with Crippen molar-refractivity contribution in [1.82, 2.24) is 0 Å². The lowest BCUT2D eigenvalue weighted by atomic mass is 10.3. The summed E-state index contributed by atoms with van der Waals surface area (Å²) in [5, 5.41) is 0. The van der Waals surface area contributed by atoms with Gasteiger partial charge in [0.1, 0.15) is 5.75 Å². The topological polar surface area (TPSA) is 13.6 Å². The Labute approximate surface area is 86.2 Å². The van der Waals surface area contributed by atoms with E-state index in [1.54, 1.807) is 0 Å². The molecule has 14 heavy (non-hydrogen) atoms. The molecule has 0 aliphatic heterocycles. The molecule has 1 aromatic carbocycles. The number of hydrogen-bond donors (Lipinski definition) is 0. The second-order valence-corrected chi connectivity index (χ2v) is 3.13. The van der Waals surface area contributed by atoms with Crippen LogP contribution in [0.4, 0.5) is 18.9 Å². The zero-order chi connectivity index (χ0) is 10.8. The summed E-state index contributed by atoms with van der Waals surface area (Å²) in [6, 6.07) is 3.74. The molecule has 0 radical (unpaired) electrons. The minimum absolute atomic E-state index is 0.0902. The molecule has 2 nitrogen and oxygen atoms in total. The van der Waals surface area contributed by atoms with Crippen LogP contribution in [0.1, 0.15) is 0 Å². The van der Waals surface area contributed by atoms with Gasteiger partial charge in [0, 0.05) is 0 Å². The molecule has 0 spiro atoms. The van der Waals surface area contributed by atoms with Crippen molar-refractivity contribution >= 4 is 21.6 Å². The maximum Gasteiger partial charge on any atom is 0.573 e. The van der Waals surface area contributed by atoms with Gasteiger partial charge in [-0.1, -0.05) is 12.1 Å². The number of halogens is 4. The Hall–Kier alpha value is -1.22. The summed E-state index contributed by atoms with van der Waals surface area (Å²) in [4.78, 5) is 2.98. The van der Waals surface area contributed by atoms with Gasteiger partial charge in [0.2, 0.25) is 0 Å². The molecule has 0 aliphatic rings. The summed E-state index contributed by atoms with van der Waals surface area (Å²) in [5.41, 5.74) is 0.0902. The van der Waals surface area contributed by atoms with Gasteiger partial charge in [0.15, 0.2) is 5.69 Å². The van der Waals surface area contributed by atoms with Gasteiger partial charge in [-0.05, 0) is 22.0 Å². The molecule has 0 N–H and O–H groups in total. The van der Waals surface area contributed by atoms with Gasteiger partial charge < -0.3 is 4.74 Å². The summed E-state index contributed by atoms with van der Waals surface area (Å²) in [7, 11) is 0.